The zero-order valence-electron chi connectivity index (χ0n) is 19.6. The minimum Gasteiger partial charge on any atom is -0.477 e. The number of nitrogens with zero attached hydrogens (tertiary/aromatic N) is 1. The Morgan fingerprint density at radius 3 is 2.61 bits per heavy atom. The molecular formula is C28H36N2O3. The second kappa shape index (κ2) is 11.6. The summed E-state index contributed by atoms with van der Waals surface area (Å²) in [5, 5.41) is 12.9. The molecule has 5 nitrogen and oxygen atoms in total. The van der Waals surface area contributed by atoms with Gasteiger partial charge in [-0.2, -0.15) is 0 Å². The molecule has 0 bridgehead atoms. The summed E-state index contributed by atoms with van der Waals surface area (Å²) >= 11 is 0. The zero-order valence-corrected chi connectivity index (χ0v) is 19.6. The number of nitrogens with one attached hydrogen (secondary N) is 1. The van der Waals surface area contributed by atoms with Crippen LogP contribution in [0.2, 0.25) is 0 Å². The van der Waals surface area contributed by atoms with Crippen molar-refractivity contribution in [2.24, 2.45) is 11.8 Å². The second-order valence-electron chi connectivity index (χ2n) is 9.60. The maximum atomic E-state index is 10.9. The van der Waals surface area contributed by atoms with Crippen molar-refractivity contribution in [3.05, 3.63) is 71.1 Å². The molecule has 0 unspecified atom stereocenters. The molecule has 2 aliphatic rings. The van der Waals surface area contributed by atoms with Gasteiger partial charge in [0, 0.05) is 32.0 Å². The van der Waals surface area contributed by atoms with Gasteiger partial charge in [0.05, 0.1) is 0 Å². The molecule has 2 aliphatic carbocycles. The number of ether oxygens (including phenoxy) is 1. The summed E-state index contributed by atoms with van der Waals surface area (Å²) in [5.74, 6) is 0.429. The van der Waals surface area contributed by atoms with E-state index in [0.29, 0.717) is 18.0 Å². The molecule has 1 aromatic heterocycles. The lowest BCUT2D eigenvalue weighted by molar-refractivity contribution is 0.0690. The molecule has 0 aliphatic heterocycles. The molecule has 176 valence electrons. The van der Waals surface area contributed by atoms with Crippen LogP contribution in [0.15, 0.2) is 54.2 Å². The molecule has 0 spiro atoms. The molecular weight excluding hydrogens is 412 g/mol. The Labute approximate surface area is 197 Å². The van der Waals surface area contributed by atoms with Crippen molar-refractivity contribution in [2.75, 3.05) is 13.7 Å². The highest BCUT2D eigenvalue weighted by Crippen LogP contribution is 2.41. The van der Waals surface area contributed by atoms with Crippen LogP contribution in [0, 0.1) is 11.8 Å². The van der Waals surface area contributed by atoms with Crippen molar-refractivity contribution in [3.8, 4) is 0 Å². The molecule has 0 saturated heterocycles. The van der Waals surface area contributed by atoms with Crippen molar-refractivity contribution >= 4 is 12.0 Å². The van der Waals surface area contributed by atoms with Crippen molar-refractivity contribution in [1.82, 2.24) is 10.3 Å². The third-order valence-corrected chi connectivity index (χ3v) is 7.19. The molecule has 0 amide bonds. The molecule has 2 fully saturated rings. The number of carbonyl (C=O) groups is 1. The molecule has 2 saturated carbocycles. The lowest BCUT2D eigenvalue weighted by Gasteiger charge is -2.29. The topological polar surface area (TPSA) is 71.5 Å². The summed E-state index contributed by atoms with van der Waals surface area (Å²) in [4.78, 5) is 15.0. The minimum absolute atomic E-state index is 0.118. The van der Waals surface area contributed by atoms with Crippen molar-refractivity contribution in [1.29, 1.82) is 0 Å². The van der Waals surface area contributed by atoms with E-state index in [1.165, 1.54) is 43.2 Å². The van der Waals surface area contributed by atoms with E-state index in [9.17, 15) is 4.79 Å². The van der Waals surface area contributed by atoms with Gasteiger partial charge in [-0.1, -0.05) is 48.0 Å². The summed E-state index contributed by atoms with van der Waals surface area (Å²) in [6, 6.07) is 15.4. The van der Waals surface area contributed by atoms with Crippen LogP contribution >= 0.6 is 0 Å². The highest BCUT2D eigenvalue weighted by molar-refractivity contribution is 5.85. The highest BCUT2D eigenvalue weighted by atomic mass is 16.5. The van der Waals surface area contributed by atoms with Gasteiger partial charge in [0.2, 0.25) is 0 Å². The predicted molar refractivity (Wildman–Crippen MR) is 131 cm³/mol. The number of aromatic carboxylic acids is 1. The average molecular weight is 449 g/mol. The first-order valence-corrected chi connectivity index (χ1v) is 12.3. The predicted octanol–water partition coefficient (Wildman–Crippen LogP) is 5.37. The van der Waals surface area contributed by atoms with Crippen LogP contribution in [-0.4, -0.2) is 41.9 Å². The maximum Gasteiger partial charge on any atom is 0.354 e. The van der Waals surface area contributed by atoms with E-state index >= 15 is 0 Å². The average Bonchev–Trinajstić information content (AvgIpc) is 3.61. The lowest BCUT2D eigenvalue weighted by Crippen LogP contribution is -2.35. The fourth-order valence-corrected chi connectivity index (χ4v) is 5.13. The molecule has 2 aromatic rings. The molecule has 2 N–H and O–H groups in total. The molecule has 33 heavy (non-hydrogen) atoms. The first-order valence-electron chi connectivity index (χ1n) is 12.3. The van der Waals surface area contributed by atoms with Crippen LogP contribution in [0.5, 0.6) is 0 Å². The largest absolute Gasteiger partial charge is 0.477 e. The number of hydrogen-bond acceptors (Lipinski definition) is 4. The Balaban J connectivity index is 1.20. The Hall–Kier alpha value is -2.50. The van der Waals surface area contributed by atoms with Crippen LogP contribution in [0.1, 0.15) is 66.6 Å². The Bertz CT molecular complexity index is 918. The summed E-state index contributed by atoms with van der Waals surface area (Å²) in [6.07, 6.45) is 13.5. The lowest BCUT2D eigenvalue weighted by atomic mass is 9.82. The standard InChI is InChI=1S/C28H36N2O3/c1-33-16-15-23(17-21-5-3-2-4-6-21)25-18-27(25)30-24-12-9-20(10-13-24)7-8-22-11-14-26(28(31)32)29-19-22/h2-6,11,14,17,19-20,24-25,27,30H,7-10,12-13,15-16,18H2,1H3,(H,31,32)/b23-17+/t20?,24?,25-,27+/m0/s1. The third kappa shape index (κ3) is 6.99. The number of benzene rings is 1. The van der Waals surface area contributed by atoms with Crippen LogP contribution in [0.3, 0.4) is 0 Å². The van der Waals surface area contributed by atoms with Gasteiger partial charge in [-0.3, -0.25) is 0 Å². The second-order valence-corrected chi connectivity index (χ2v) is 9.60. The van der Waals surface area contributed by atoms with Crippen LogP contribution < -0.4 is 5.32 Å². The Kier molecular flexibility index (Phi) is 8.30. The Morgan fingerprint density at radius 1 is 1.15 bits per heavy atom. The minimum atomic E-state index is -0.966. The summed E-state index contributed by atoms with van der Waals surface area (Å²) in [5.41, 5.74) is 4.04. The maximum absolute atomic E-state index is 10.9. The van der Waals surface area contributed by atoms with Gasteiger partial charge in [0.15, 0.2) is 0 Å². The monoisotopic (exact) mass is 448 g/mol. The van der Waals surface area contributed by atoms with Gasteiger partial charge in [0.1, 0.15) is 5.69 Å². The van der Waals surface area contributed by atoms with Gasteiger partial charge < -0.3 is 15.2 Å². The van der Waals surface area contributed by atoms with E-state index in [2.05, 4.69) is 46.7 Å². The quantitative estimate of drug-likeness (QED) is 0.484. The number of carboxylic acids is 1. The molecule has 5 heteroatoms. The zero-order chi connectivity index (χ0) is 23.0. The molecule has 2 atom stereocenters. The number of methoxy groups -OCH3 is 1. The fourth-order valence-electron chi connectivity index (χ4n) is 5.13. The molecule has 0 radical (unpaired) electrons. The van der Waals surface area contributed by atoms with Crippen LogP contribution in [0.4, 0.5) is 0 Å². The number of hydrogen-bond donors (Lipinski definition) is 2. The normalized spacial score (nSPS) is 25.1. The Morgan fingerprint density at radius 2 is 1.94 bits per heavy atom. The highest BCUT2D eigenvalue weighted by Gasteiger charge is 2.40. The molecule has 1 aromatic carbocycles. The number of aromatic nitrogens is 1. The van der Waals surface area contributed by atoms with E-state index in [4.69, 9.17) is 9.84 Å². The smallest absolute Gasteiger partial charge is 0.354 e. The number of pyridine rings is 1. The summed E-state index contributed by atoms with van der Waals surface area (Å²) in [6.45, 7) is 0.779. The first kappa shape index (κ1) is 23.7. The van der Waals surface area contributed by atoms with E-state index in [1.807, 2.05) is 6.07 Å². The van der Waals surface area contributed by atoms with Gasteiger partial charge >= 0.3 is 5.97 Å². The van der Waals surface area contributed by atoms with Gasteiger partial charge in [-0.15, -0.1) is 0 Å². The first-order chi connectivity index (χ1) is 16.1. The van der Waals surface area contributed by atoms with Crippen molar-refractivity contribution < 1.29 is 14.6 Å². The number of aryl methyl sites for hydroxylation is 1. The fraction of sp³-hybridized carbons (Fsp3) is 0.500. The summed E-state index contributed by atoms with van der Waals surface area (Å²) in [7, 11) is 1.78. The van der Waals surface area contributed by atoms with Crippen LogP contribution in [0.25, 0.3) is 6.08 Å². The van der Waals surface area contributed by atoms with Gasteiger partial charge in [0.25, 0.3) is 0 Å². The molecule has 1 heterocycles. The number of rotatable bonds is 11. The van der Waals surface area contributed by atoms with Crippen molar-refractivity contribution in [2.45, 2.75) is 63.5 Å². The summed E-state index contributed by atoms with van der Waals surface area (Å²) < 4.78 is 5.36. The third-order valence-electron chi connectivity index (χ3n) is 7.19. The molecule has 4 rings (SSSR count). The van der Waals surface area contributed by atoms with Gasteiger partial charge in [-0.25, -0.2) is 9.78 Å². The van der Waals surface area contributed by atoms with E-state index in [1.54, 1.807) is 19.4 Å². The van der Waals surface area contributed by atoms with E-state index in [0.717, 1.165) is 37.4 Å². The van der Waals surface area contributed by atoms with Crippen molar-refractivity contribution in [3.63, 3.8) is 0 Å². The van der Waals surface area contributed by atoms with Crippen LogP contribution in [-0.2, 0) is 11.2 Å². The number of carboxylic acid groups (broad SMARTS) is 1. The van der Waals surface area contributed by atoms with E-state index < -0.39 is 5.97 Å². The van der Waals surface area contributed by atoms with E-state index in [-0.39, 0.29) is 5.69 Å². The SMILES string of the molecule is COCC/C(=C\c1ccccc1)[C@@H]1C[C@H]1NC1CCC(CCc2ccc(C(=O)O)nc2)CC1. The van der Waals surface area contributed by atoms with Gasteiger partial charge in [-0.05, 0) is 80.4 Å².